The predicted molar refractivity (Wildman–Crippen MR) is 74.8 cm³/mol. The second-order valence-electron chi connectivity index (χ2n) is 4.32. The van der Waals surface area contributed by atoms with Gasteiger partial charge in [-0.1, -0.05) is 31.9 Å². The normalized spacial score (nSPS) is 14.6. The quantitative estimate of drug-likeness (QED) is 0.635. The summed E-state index contributed by atoms with van der Waals surface area (Å²) in [7, 11) is -2.65. The van der Waals surface area contributed by atoms with Crippen LogP contribution in [0.5, 0.6) is 0 Å². The van der Waals surface area contributed by atoms with Crippen LogP contribution in [0.4, 0.5) is 0 Å². The van der Waals surface area contributed by atoms with Crippen LogP contribution in [0.1, 0.15) is 20.3 Å². The van der Waals surface area contributed by atoms with E-state index in [4.69, 9.17) is 11.6 Å². The fourth-order valence-corrected chi connectivity index (χ4v) is 3.09. The Morgan fingerprint density at radius 3 is 2.70 bits per heavy atom. The van der Waals surface area contributed by atoms with Gasteiger partial charge in [-0.05, 0) is 18.1 Å². The first kappa shape index (κ1) is 16.9. The Kier molecular flexibility index (Phi) is 5.91. The SMILES string of the molecule is CCC(C)C(NS(=O)(=O)c1ccnc(Cl)c1)C(=O)OC. The van der Waals surface area contributed by atoms with Crippen LogP contribution in [0.15, 0.2) is 23.2 Å². The molecule has 1 heterocycles. The van der Waals surface area contributed by atoms with Crippen molar-refractivity contribution in [3.05, 3.63) is 23.5 Å². The number of carbonyl (C=O) groups is 1. The molecule has 2 atom stereocenters. The lowest BCUT2D eigenvalue weighted by molar-refractivity contribution is -0.143. The van der Waals surface area contributed by atoms with Crippen molar-refractivity contribution in [1.82, 2.24) is 9.71 Å². The molecule has 0 aliphatic heterocycles. The Balaban J connectivity index is 3.06. The highest BCUT2D eigenvalue weighted by molar-refractivity contribution is 7.89. The van der Waals surface area contributed by atoms with Crippen LogP contribution in [0.3, 0.4) is 0 Å². The summed E-state index contributed by atoms with van der Waals surface area (Å²) >= 11 is 5.67. The van der Waals surface area contributed by atoms with E-state index in [-0.39, 0.29) is 16.0 Å². The second-order valence-corrected chi connectivity index (χ2v) is 6.42. The zero-order chi connectivity index (χ0) is 15.3. The Hall–Kier alpha value is -1.18. The summed E-state index contributed by atoms with van der Waals surface area (Å²) in [6, 6.07) is 1.58. The highest BCUT2D eigenvalue weighted by Crippen LogP contribution is 2.16. The van der Waals surface area contributed by atoms with Crippen molar-refractivity contribution in [2.24, 2.45) is 5.92 Å². The van der Waals surface area contributed by atoms with E-state index in [9.17, 15) is 13.2 Å². The number of pyridine rings is 1. The average molecular weight is 321 g/mol. The standard InChI is InChI=1S/C12H17ClN2O4S/c1-4-8(2)11(12(16)19-3)15-20(17,18)9-5-6-14-10(13)7-9/h5-8,11,15H,4H2,1-3H3. The van der Waals surface area contributed by atoms with Crippen molar-refractivity contribution in [1.29, 1.82) is 0 Å². The van der Waals surface area contributed by atoms with Crippen LogP contribution in [-0.4, -0.2) is 32.5 Å². The first-order valence-corrected chi connectivity index (χ1v) is 7.89. The molecule has 6 nitrogen and oxygen atoms in total. The predicted octanol–water partition coefficient (Wildman–Crippen LogP) is 1.60. The molecule has 0 spiro atoms. The number of carbonyl (C=O) groups excluding carboxylic acids is 1. The van der Waals surface area contributed by atoms with E-state index in [1.165, 1.54) is 25.4 Å². The Labute approximate surface area is 123 Å². The van der Waals surface area contributed by atoms with E-state index in [1.54, 1.807) is 6.92 Å². The molecule has 0 radical (unpaired) electrons. The van der Waals surface area contributed by atoms with Gasteiger partial charge in [0.15, 0.2) is 0 Å². The van der Waals surface area contributed by atoms with Gasteiger partial charge in [-0.25, -0.2) is 13.4 Å². The third kappa shape index (κ3) is 4.16. The lowest BCUT2D eigenvalue weighted by atomic mass is 10.0. The summed E-state index contributed by atoms with van der Waals surface area (Å²) < 4.78 is 31.4. The van der Waals surface area contributed by atoms with Crippen LogP contribution < -0.4 is 4.72 Å². The van der Waals surface area contributed by atoms with E-state index in [2.05, 4.69) is 14.4 Å². The summed E-state index contributed by atoms with van der Waals surface area (Å²) in [5, 5.41) is 0.0611. The van der Waals surface area contributed by atoms with Crippen LogP contribution in [0.2, 0.25) is 5.15 Å². The van der Waals surface area contributed by atoms with E-state index in [1.807, 2.05) is 6.92 Å². The molecule has 1 N–H and O–H groups in total. The van der Waals surface area contributed by atoms with Gasteiger partial charge in [0.05, 0.1) is 12.0 Å². The minimum absolute atomic E-state index is 0.0466. The molecule has 2 unspecified atom stereocenters. The maximum absolute atomic E-state index is 12.2. The molecule has 0 saturated carbocycles. The van der Waals surface area contributed by atoms with Crippen molar-refractivity contribution >= 4 is 27.6 Å². The van der Waals surface area contributed by atoms with Gasteiger partial charge in [-0.2, -0.15) is 4.72 Å². The van der Waals surface area contributed by atoms with Gasteiger partial charge >= 0.3 is 5.97 Å². The fraction of sp³-hybridized carbons (Fsp3) is 0.500. The first-order valence-electron chi connectivity index (χ1n) is 6.03. The topological polar surface area (TPSA) is 85.4 Å². The number of hydrogen-bond acceptors (Lipinski definition) is 5. The highest BCUT2D eigenvalue weighted by Gasteiger charge is 2.30. The number of ether oxygens (including phenoxy) is 1. The maximum atomic E-state index is 12.2. The summed E-state index contributed by atoms with van der Waals surface area (Å²) in [5.41, 5.74) is 0. The van der Waals surface area contributed by atoms with Crippen molar-refractivity contribution in [3.8, 4) is 0 Å². The minimum atomic E-state index is -3.87. The smallest absolute Gasteiger partial charge is 0.324 e. The zero-order valence-corrected chi connectivity index (χ0v) is 13.0. The number of esters is 1. The van der Waals surface area contributed by atoms with Gasteiger partial charge in [0.2, 0.25) is 10.0 Å². The highest BCUT2D eigenvalue weighted by atomic mass is 35.5. The molecule has 1 aromatic rings. The Morgan fingerprint density at radius 1 is 1.55 bits per heavy atom. The van der Waals surface area contributed by atoms with Crippen LogP contribution in [0.25, 0.3) is 0 Å². The molecule has 0 saturated heterocycles. The van der Waals surface area contributed by atoms with Crippen molar-refractivity contribution < 1.29 is 17.9 Å². The molecule has 1 aromatic heterocycles. The molecule has 0 amide bonds. The van der Waals surface area contributed by atoms with Crippen LogP contribution in [0, 0.1) is 5.92 Å². The minimum Gasteiger partial charge on any atom is -0.468 e. The molecule has 0 aromatic carbocycles. The summed E-state index contributed by atoms with van der Waals surface area (Å²) in [6.07, 6.45) is 1.91. The number of rotatable bonds is 6. The maximum Gasteiger partial charge on any atom is 0.324 e. The summed E-state index contributed by atoms with van der Waals surface area (Å²) in [6.45, 7) is 3.63. The Bertz CT molecular complexity index is 577. The molecule has 20 heavy (non-hydrogen) atoms. The fourth-order valence-electron chi connectivity index (χ4n) is 1.55. The number of nitrogens with zero attached hydrogens (tertiary/aromatic N) is 1. The zero-order valence-electron chi connectivity index (χ0n) is 11.5. The summed E-state index contributed by atoms with van der Waals surface area (Å²) in [4.78, 5) is 15.4. The molecular formula is C12H17ClN2O4S. The number of aromatic nitrogens is 1. The molecule has 0 aliphatic rings. The average Bonchev–Trinajstić information content (AvgIpc) is 2.43. The van der Waals surface area contributed by atoms with Gasteiger partial charge in [0, 0.05) is 6.20 Å². The molecule has 8 heteroatoms. The molecular weight excluding hydrogens is 304 g/mol. The van der Waals surface area contributed by atoms with E-state index >= 15 is 0 Å². The van der Waals surface area contributed by atoms with Gasteiger partial charge in [0.1, 0.15) is 11.2 Å². The first-order chi connectivity index (χ1) is 9.31. The lowest BCUT2D eigenvalue weighted by Gasteiger charge is -2.21. The van der Waals surface area contributed by atoms with Crippen LogP contribution >= 0.6 is 11.6 Å². The summed E-state index contributed by atoms with van der Waals surface area (Å²) in [5.74, 6) is -0.822. The molecule has 0 fully saturated rings. The van der Waals surface area contributed by atoms with Gasteiger partial charge < -0.3 is 4.74 Å². The number of sulfonamides is 1. The van der Waals surface area contributed by atoms with Crippen molar-refractivity contribution in [2.75, 3.05) is 7.11 Å². The second kappa shape index (κ2) is 7.01. The number of halogens is 1. The third-order valence-corrected chi connectivity index (χ3v) is 4.60. The van der Waals surface area contributed by atoms with E-state index in [0.29, 0.717) is 6.42 Å². The van der Waals surface area contributed by atoms with Crippen molar-refractivity contribution in [3.63, 3.8) is 0 Å². The monoisotopic (exact) mass is 320 g/mol. The lowest BCUT2D eigenvalue weighted by Crippen LogP contribution is -2.45. The number of hydrogen-bond donors (Lipinski definition) is 1. The third-order valence-electron chi connectivity index (χ3n) is 2.96. The molecule has 112 valence electrons. The van der Waals surface area contributed by atoms with E-state index < -0.39 is 22.0 Å². The van der Waals surface area contributed by atoms with Gasteiger partial charge in [-0.3, -0.25) is 4.79 Å². The van der Waals surface area contributed by atoms with Crippen molar-refractivity contribution in [2.45, 2.75) is 31.2 Å². The number of nitrogens with one attached hydrogen (secondary N) is 1. The molecule has 0 aliphatic carbocycles. The largest absolute Gasteiger partial charge is 0.468 e. The van der Waals surface area contributed by atoms with Gasteiger partial charge in [-0.15, -0.1) is 0 Å². The van der Waals surface area contributed by atoms with Gasteiger partial charge in [0.25, 0.3) is 0 Å². The van der Waals surface area contributed by atoms with Crippen LogP contribution in [-0.2, 0) is 19.6 Å². The molecule has 1 rings (SSSR count). The van der Waals surface area contributed by atoms with E-state index in [0.717, 1.165) is 0 Å². The molecule has 0 bridgehead atoms. The Morgan fingerprint density at radius 2 is 2.20 bits per heavy atom. The number of methoxy groups -OCH3 is 1.